The van der Waals surface area contributed by atoms with E-state index in [4.69, 9.17) is 9.15 Å². The lowest BCUT2D eigenvalue weighted by atomic mass is 9.86. The summed E-state index contributed by atoms with van der Waals surface area (Å²) in [6, 6.07) is 5.30. The summed E-state index contributed by atoms with van der Waals surface area (Å²) in [6.07, 6.45) is 2.92. The summed E-state index contributed by atoms with van der Waals surface area (Å²) < 4.78 is 10.7. The van der Waals surface area contributed by atoms with Crippen molar-refractivity contribution in [2.45, 2.75) is 39.7 Å². The molecule has 1 aromatic heterocycles. The number of carbonyl (C=O) groups excluding carboxylic acids is 1. The van der Waals surface area contributed by atoms with Crippen molar-refractivity contribution in [3.63, 3.8) is 0 Å². The van der Waals surface area contributed by atoms with Crippen LogP contribution < -0.4 is 5.63 Å². The fourth-order valence-electron chi connectivity index (χ4n) is 2.55. The maximum Gasteiger partial charge on any atom is 0.336 e. The van der Waals surface area contributed by atoms with Crippen LogP contribution in [0.5, 0.6) is 0 Å². The zero-order valence-electron chi connectivity index (χ0n) is 12.3. The normalized spacial score (nSPS) is 15.0. The summed E-state index contributed by atoms with van der Waals surface area (Å²) >= 11 is 0. The molecule has 4 heteroatoms. The largest absolute Gasteiger partial charge is 0.461 e. The molecule has 1 aliphatic rings. The van der Waals surface area contributed by atoms with Crippen molar-refractivity contribution in [2.75, 3.05) is 0 Å². The Kier molecular flexibility index (Phi) is 3.53. The second kappa shape index (κ2) is 5.35. The quantitative estimate of drug-likeness (QED) is 0.642. The van der Waals surface area contributed by atoms with Crippen LogP contribution in [0.4, 0.5) is 0 Å². The van der Waals surface area contributed by atoms with Gasteiger partial charge in [-0.2, -0.15) is 0 Å². The zero-order chi connectivity index (χ0) is 15.0. The first-order valence-corrected chi connectivity index (χ1v) is 7.26. The summed E-state index contributed by atoms with van der Waals surface area (Å²) in [6.45, 7) is 4.02. The number of benzene rings is 1. The fourth-order valence-corrected chi connectivity index (χ4v) is 2.55. The Bertz CT molecular complexity index is 753. The Morgan fingerprint density at radius 1 is 1.33 bits per heavy atom. The van der Waals surface area contributed by atoms with E-state index in [9.17, 15) is 9.59 Å². The first kappa shape index (κ1) is 13.9. The monoisotopic (exact) mass is 286 g/mol. The van der Waals surface area contributed by atoms with Crippen LogP contribution in [-0.2, 0) is 16.1 Å². The first-order chi connectivity index (χ1) is 10.1. The third-order valence-electron chi connectivity index (χ3n) is 4.33. The molecule has 1 fully saturated rings. The second-order valence-corrected chi connectivity index (χ2v) is 5.71. The van der Waals surface area contributed by atoms with Crippen LogP contribution in [0.3, 0.4) is 0 Å². The number of esters is 1. The van der Waals surface area contributed by atoms with E-state index in [1.54, 1.807) is 0 Å². The summed E-state index contributed by atoms with van der Waals surface area (Å²) in [4.78, 5) is 23.5. The molecule has 2 aromatic rings. The smallest absolute Gasteiger partial charge is 0.336 e. The minimum absolute atomic E-state index is 0.0420. The highest BCUT2D eigenvalue weighted by molar-refractivity contribution is 5.84. The van der Waals surface area contributed by atoms with Gasteiger partial charge in [0.15, 0.2) is 0 Å². The molecule has 0 radical (unpaired) electrons. The SMILES string of the molecule is Cc1ccc2c(COC(=O)C3CCC3)cc(=O)oc2c1C. The van der Waals surface area contributed by atoms with Gasteiger partial charge in [0.1, 0.15) is 12.2 Å². The van der Waals surface area contributed by atoms with Crippen LogP contribution in [0.25, 0.3) is 11.0 Å². The Labute approximate surface area is 122 Å². The minimum atomic E-state index is -0.411. The molecule has 110 valence electrons. The Morgan fingerprint density at radius 2 is 2.10 bits per heavy atom. The van der Waals surface area contributed by atoms with Gasteiger partial charge in [0.25, 0.3) is 0 Å². The van der Waals surface area contributed by atoms with E-state index < -0.39 is 5.63 Å². The highest BCUT2D eigenvalue weighted by Crippen LogP contribution is 2.28. The van der Waals surface area contributed by atoms with Crippen molar-refractivity contribution >= 4 is 16.9 Å². The van der Waals surface area contributed by atoms with Crippen LogP contribution in [0.15, 0.2) is 27.4 Å². The molecular formula is C17H18O4. The Hall–Kier alpha value is -2.10. The van der Waals surface area contributed by atoms with Crippen LogP contribution in [-0.4, -0.2) is 5.97 Å². The van der Waals surface area contributed by atoms with Gasteiger partial charge in [-0.1, -0.05) is 18.6 Å². The molecule has 1 heterocycles. The van der Waals surface area contributed by atoms with Crippen molar-refractivity contribution < 1.29 is 13.9 Å². The first-order valence-electron chi connectivity index (χ1n) is 7.26. The Balaban J connectivity index is 1.92. The molecule has 0 atom stereocenters. The third-order valence-corrected chi connectivity index (χ3v) is 4.33. The number of carbonyl (C=O) groups is 1. The molecule has 1 aromatic carbocycles. The molecule has 1 saturated carbocycles. The number of fused-ring (bicyclic) bond motifs is 1. The molecule has 3 rings (SSSR count). The lowest BCUT2D eigenvalue weighted by molar-refractivity contribution is -0.152. The summed E-state index contributed by atoms with van der Waals surface area (Å²) in [5.74, 6) is -0.119. The van der Waals surface area contributed by atoms with E-state index in [1.165, 1.54) is 6.07 Å². The average molecular weight is 286 g/mol. The molecule has 0 bridgehead atoms. The van der Waals surface area contributed by atoms with E-state index in [2.05, 4.69) is 0 Å². The van der Waals surface area contributed by atoms with Gasteiger partial charge in [0.05, 0.1) is 5.92 Å². The maximum absolute atomic E-state index is 11.8. The molecule has 4 nitrogen and oxygen atoms in total. The predicted molar refractivity (Wildman–Crippen MR) is 79.1 cm³/mol. The van der Waals surface area contributed by atoms with Crippen molar-refractivity contribution in [2.24, 2.45) is 5.92 Å². The number of hydrogen-bond donors (Lipinski definition) is 0. The van der Waals surface area contributed by atoms with Crippen molar-refractivity contribution in [1.29, 1.82) is 0 Å². The van der Waals surface area contributed by atoms with E-state index >= 15 is 0 Å². The van der Waals surface area contributed by atoms with Gasteiger partial charge in [-0.05, 0) is 37.8 Å². The van der Waals surface area contributed by atoms with Gasteiger partial charge in [0.2, 0.25) is 0 Å². The lowest BCUT2D eigenvalue weighted by Crippen LogP contribution is -2.24. The molecule has 0 saturated heterocycles. The van der Waals surface area contributed by atoms with Crippen molar-refractivity contribution in [3.05, 3.63) is 45.3 Å². The molecule has 0 aliphatic heterocycles. The van der Waals surface area contributed by atoms with Gasteiger partial charge in [-0.3, -0.25) is 4.79 Å². The Morgan fingerprint density at radius 3 is 2.76 bits per heavy atom. The molecule has 0 amide bonds. The van der Waals surface area contributed by atoms with Crippen LogP contribution in [0.2, 0.25) is 0 Å². The van der Waals surface area contributed by atoms with Gasteiger partial charge < -0.3 is 9.15 Å². The van der Waals surface area contributed by atoms with E-state index in [0.717, 1.165) is 35.8 Å². The van der Waals surface area contributed by atoms with Crippen molar-refractivity contribution in [3.8, 4) is 0 Å². The van der Waals surface area contributed by atoms with Gasteiger partial charge >= 0.3 is 11.6 Å². The van der Waals surface area contributed by atoms with Crippen LogP contribution in [0.1, 0.15) is 36.0 Å². The van der Waals surface area contributed by atoms with E-state index in [-0.39, 0.29) is 18.5 Å². The molecule has 0 unspecified atom stereocenters. The second-order valence-electron chi connectivity index (χ2n) is 5.71. The third kappa shape index (κ3) is 2.58. The average Bonchev–Trinajstić information content (AvgIpc) is 2.39. The molecule has 0 spiro atoms. The number of ether oxygens (including phenoxy) is 1. The number of hydrogen-bond acceptors (Lipinski definition) is 4. The fraction of sp³-hybridized carbons (Fsp3) is 0.412. The molecule has 0 N–H and O–H groups in total. The van der Waals surface area contributed by atoms with E-state index in [0.29, 0.717) is 11.1 Å². The standard InChI is InChI=1S/C17H18O4/c1-10-6-7-14-13(8-15(18)21-16(14)11(10)2)9-20-17(19)12-4-3-5-12/h6-8,12H,3-5,9H2,1-2H3. The summed E-state index contributed by atoms with van der Waals surface area (Å²) in [7, 11) is 0. The number of aryl methyl sites for hydroxylation is 2. The molecule has 1 aliphatic carbocycles. The molecule has 21 heavy (non-hydrogen) atoms. The van der Waals surface area contributed by atoms with Crippen LogP contribution in [0, 0.1) is 19.8 Å². The summed E-state index contributed by atoms with van der Waals surface area (Å²) in [5.41, 5.74) is 2.88. The van der Waals surface area contributed by atoms with Gasteiger partial charge in [-0.25, -0.2) is 4.79 Å². The maximum atomic E-state index is 11.8. The summed E-state index contributed by atoms with van der Waals surface area (Å²) in [5, 5.41) is 0.833. The minimum Gasteiger partial charge on any atom is -0.461 e. The van der Waals surface area contributed by atoms with Gasteiger partial charge in [0, 0.05) is 17.0 Å². The van der Waals surface area contributed by atoms with Gasteiger partial charge in [-0.15, -0.1) is 0 Å². The highest BCUT2D eigenvalue weighted by Gasteiger charge is 2.26. The highest BCUT2D eigenvalue weighted by atomic mass is 16.5. The number of rotatable bonds is 3. The van der Waals surface area contributed by atoms with Crippen LogP contribution >= 0.6 is 0 Å². The van der Waals surface area contributed by atoms with Crippen molar-refractivity contribution in [1.82, 2.24) is 0 Å². The zero-order valence-corrected chi connectivity index (χ0v) is 12.3. The lowest BCUT2D eigenvalue weighted by Gasteiger charge is -2.23. The predicted octanol–water partition coefficient (Wildman–Crippen LogP) is 3.25. The topological polar surface area (TPSA) is 56.5 Å². The molecular weight excluding hydrogens is 268 g/mol. The van der Waals surface area contributed by atoms with E-state index in [1.807, 2.05) is 26.0 Å².